The minimum atomic E-state index is -0.315. The molecule has 1 aromatic carbocycles. The van der Waals surface area contributed by atoms with E-state index in [-0.39, 0.29) is 6.10 Å². The van der Waals surface area contributed by atoms with E-state index in [1.807, 2.05) is 0 Å². The molecular formula is C12H14O2. The van der Waals surface area contributed by atoms with E-state index in [2.05, 4.69) is 12.1 Å². The van der Waals surface area contributed by atoms with Crippen LogP contribution < -0.4 is 4.74 Å². The molecule has 1 aliphatic heterocycles. The smallest absolute Gasteiger partial charge is 0.125 e. The molecule has 0 saturated carbocycles. The standard InChI is InChI=1S/C12H14O2/c13-11-4-5-14-12-7-9-3-1-2-8(9)6-10(11)12/h6-7,11,13H,1-5H2/t11-/m1/s1. The van der Waals surface area contributed by atoms with Gasteiger partial charge in [0.1, 0.15) is 5.75 Å². The Morgan fingerprint density at radius 2 is 2.00 bits per heavy atom. The van der Waals surface area contributed by atoms with E-state index < -0.39 is 0 Å². The van der Waals surface area contributed by atoms with E-state index in [1.165, 1.54) is 24.0 Å². The van der Waals surface area contributed by atoms with Gasteiger partial charge in [0, 0.05) is 12.0 Å². The zero-order chi connectivity index (χ0) is 9.54. The Kier molecular flexibility index (Phi) is 1.77. The Labute approximate surface area is 83.5 Å². The van der Waals surface area contributed by atoms with E-state index in [0.717, 1.165) is 24.2 Å². The zero-order valence-electron chi connectivity index (χ0n) is 8.12. The average molecular weight is 190 g/mol. The van der Waals surface area contributed by atoms with Crippen molar-refractivity contribution in [3.63, 3.8) is 0 Å². The molecule has 2 heteroatoms. The molecule has 74 valence electrons. The van der Waals surface area contributed by atoms with Gasteiger partial charge in [0.05, 0.1) is 12.7 Å². The van der Waals surface area contributed by atoms with Crippen LogP contribution >= 0.6 is 0 Å². The molecule has 0 saturated heterocycles. The van der Waals surface area contributed by atoms with Gasteiger partial charge in [-0.15, -0.1) is 0 Å². The zero-order valence-corrected chi connectivity index (χ0v) is 8.12. The number of benzene rings is 1. The highest BCUT2D eigenvalue weighted by Gasteiger charge is 2.22. The highest BCUT2D eigenvalue weighted by atomic mass is 16.5. The number of aliphatic hydroxyl groups excluding tert-OH is 1. The first-order valence-corrected chi connectivity index (χ1v) is 5.31. The second kappa shape index (κ2) is 2.99. The van der Waals surface area contributed by atoms with Crippen molar-refractivity contribution in [2.45, 2.75) is 31.8 Å². The number of fused-ring (bicyclic) bond motifs is 2. The summed E-state index contributed by atoms with van der Waals surface area (Å²) < 4.78 is 5.56. The summed E-state index contributed by atoms with van der Waals surface area (Å²) in [4.78, 5) is 0. The van der Waals surface area contributed by atoms with E-state index in [1.54, 1.807) is 0 Å². The predicted molar refractivity (Wildman–Crippen MR) is 53.5 cm³/mol. The Balaban J connectivity index is 2.12. The van der Waals surface area contributed by atoms with Crippen molar-refractivity contribution in [1.82, 2.24) is 0 Å². The molecule has 0 bridgehead atoms. The van der Waals surface area contributed by atoms with Crippen molar-refractivity contribution in [2.75, 3.05) is 6.61 Å². The maximum atomic E-state index is 9.81. The summed E-state index contributed by atoms with van der Waals surface area (Å²) >= 11 is 0. The lowest BCUT2D eigenvalue weighted by atomic mass is 9.98. The number of aliphatic hydroxyl groups is 1. The number of ether oxygens (including phenoxy) is 1. The summed E-state index contributed by atoms with van der Waals surface area (Å²) in [5.41, 5.74) is 3.82. The first kappa shape index (κ1) is 8.30. The van der Waals surface area contributed by atoms with Crippen LogP contribution in [0.5, 0.6) is 5.75 Å². The van der Waals surface area contributed by atoms with Gasteiger partial charge in [-0.3, -0.25) is 0 Å². The molecule has 1 aliphatic carbocycles. The molecule has 0 unspecified atom stereocenters. The molecule has 1 aromatic rings. The minimum absolute atomic E-state index is 0.315. The third-order valence-electron chi connectivity index (χ3n) is 3.23. The van der Waals surface area contributed by atoms with E-state index in [9.17, 15) is 5.11 Å². The summed E-state index contributed by atoms with van der Waals surface area (Å²) in [6, 6.07) is 4.27. The van der Waals surface area contributed by atoms with Crippen LogP contribution in [0.2, 0.25) is 0 Å². The third kappa shape index (κ3) is 1.14. The maximum absolute atomic E-state index is 9.81. The summed E-state index contributed by atoms with van der Waals surface area (Å²) in [6.45, 7) is 0.646. The summed E-state index contributed by atoms with van der Waals surface area (Å²) in [5, 5.41) is 9.81. The molecule has 0 fully saturated rings. The van der Waals surface area contributed by atoms with Crippen molar-refractivity contribution in [3.8, 4) is 5.75 Å². The second-order valence-corrected chi connectivity index (χ2v) is 4.17. The van der Waals surface area contributed by atoms with Gasteiger partial charge in [-0.05, 0) is 42.5 Å². The molecule has 0 spiro atoms. The lowest BCUT2D eigenvalue weighted by Crippen LogP contribution is -2.14. The van der Waals surface area contributed by atoms with Crippen LogP contribution in [0.3, 0.4) is 0 Å². The normalized spacial score (nSPS) is 23.9. The Bertz CT molecular complexity index is 371. The quantitative estimate of drug-likeness (QED) is 0.678. The van der Waals surface area contributed by atoms with Crippen molar-refractivity contribution >= 4 is 0 Å². The number of hydrogen-bond acceptors (Lipinski definition) is 2. The van der Waals surface area contributed by atoms with Gasteiger partial charge < -0.3 is 9.84 Å². The Morgan fingerprint density at radius 3 is 2.86 bits per heavy atom. The highest BCUT2D eigenvalue weighted by molar-refractivity contribution is 5.46. The van der Waals surface area contributed by atoms with Crippen LogP contribution in [0.25, 0.3) is 0 Å². The molecule has 2 aliphatic rings. The van der Waals surface area contributed by atoms with Crippen molar-refractivity contribution in [3.05, 3.63) is 28.8 Å². The molecule has 1 N–H and O–H groups in total. The fourth-order valence-electron chi connectivity index (χ4n) is 2.44. The molecular weight excluding hydrogens is 176 g/mol. The first-order chi connectivity index (χ1) is 6.84. The van der Waals surface area contributed by atoms with Gasteiger partial charge in [-0.1, -0.05) is 0 Å². The van der Waals surface area contributed by atoms with Crippen molar-refractivity contribution < 1.29 is 9.84 Å². The molecule has 1 heterocycles. The van der Waals surface area contributed by atoms with Crippen LogP contribution in [-0.4, -0.2) is 11.7 Å². The van der Waals surface area contributed by atoms with Crippen LogP contribution in [0.4, 0.5) is 0 Å². The Morgan fingerprint density at radius 1 is 1.21 bits per heavy atom. The SMILES string of the molecule is O[C@@H]1CCOc2cc3c(cc21)CCC3. The van der Waals surface area contributed by atoms with Crippen LogP contribution in [0.15, 0.2) is 12.1 Å². The van der Waals surface area contributed by atoms with Crippen LogP contribution in [0, 0.1) is 0 Å². The monoisotopic (exact) mass is 190 g/mol. The fraction of sp³-hybridized carbons (Fsp3) is 0.500. The van der Waals surface area contributed by atoms with Crippen LogP contribution in [0.1, 0.15) is 35.6 Å². The first-order valence-electron chi connectivity index (χ1n) is 5.31. The topological polar surface area (TPSA) is 29.5 Å². The van der Waals surface area contributed by atoms with Gasteiger partial charge >= 0.3 is 0 Å². The lowest BCUT2D eigenvalue weighted by Gasteiger charge is -2.23. The summed E-state index contributed by atoms with van der Waals surface area (Å²) in [5.74, 6) is 0.907. The fourth-order valence-corrected chi connectivity index (χ4v) is 2.44. The second-order valence-electron chi connectivity index (χ2n) is 4.17. The van der Waals surface area contributed by atoms with Gasteiger partial charge in [-0.25, -0.2) is 0 Å². The molecule has 0 radical (unpaired) electrons. The van der Waals surface area contributed by atoms with Gasteiger partial charge in [-0.2, -0.15) is 0 Å². The Hall–Kier alpha value is -1.02. The molecule has 0 amide bonds. The van der Waals surface area contributed by atoms with E-state index in [4.69, 9.17) is 4.74 Å². The summed E-state index contributed by atoms with van der Waals surface area (Å²) in [6.07, 6.45) is 3.99. The van der Waals surface area contributed by atoms with Gasteiger partial charge in [0.2, 0.25) is 0 Å². The van der Waals surface area contributed by atoms with Crippen molar-refractivity contribution in [1.29, 1.82) is 0 Å². The third-order valence-corrected chi connectivity index (χ3v) is 3.23. The molecule has 0 aromatic heterocycles. The molecule has 14 heavy (non-hydrogen) atoms. The maximum Gasteiger partial charge on any atom is 0.125 e. The molecule has 1 atom stereocenters. The number of aryl methyl sites for hydroxylation is 2. The largest absolute Gasteiger partial charge is 0.493 e. The van der Waals surface area contributed by atoms with E-state index in [0.29, 0.717) is 6.61 Å². The predicted octanol–water partition coefficient (Wildman–Crippen LogP) is 1.99. The van der Waals surface area contributed by atoms with Gasteiger partial charge in [0.15, 0.2) is 0 Å². The van der Waals surface area contributed by atoms with E-state index >= 15 is 0 Å². The highest BCUT2D eigenvalue weighted by Crippen LogP contribution is 2.36. The number of rotatable bonds is 0. The van der Waals surface area contributed by atoms with Gasteiger partial charge in [0.25, 0.3) is 0 Å². The summed E-state index contributed by atoms with van der Waals surface area (Å²) in [7, 11) is 0. The average Bonchev–Trinajstić information content (AvgIpc) is 2.62. The van der Waals surface area contributed by atoms with Crippen molar-refractivity contribution in [2.24, 2.45) is 0 Å². The minimum Gasteiger partial charge on any atom is -0.493 e. The molecule has 3 rings (SSSR count). The van der Waals surface area contributed by atoms with Crippen LogP contribution in [-0.2, 0) is 12.8 Å². The number of hydrogen-bond donors (Lipinski definition) is 1. The lowest BCUT2D eigenvalue weighted by molar-refractivity contribution is 0.115. The molecule has 2 nitrogen and oxygen atoms in total.